The van der Waals surface area contributed by atoms with Crippen molar-refractivity contribution < 1.29 is 9.53 Å². The molecule has 0 saturated carbocycles. The minimum Gasteiger partial charge on any atom is -0.379 e. The minimum absolute atomic E-state index is 0.0808. The molecular formula is C22H23N3O2S. The number of carbonyl (C=O) groups excluding carboxylic acids is 1. The third-order valence-corrected chi connectivity index (χ3v) is 5.62. The number of amides is 1. The summed E-state index contributed by atoms with van der Waals surface area (Å²) in [6.45, 7) is 4.75. The number of aromatic nitrogens is 1. The monoisotopic (exact) mass is 393 g/mol. The summed E-state index contributed by atoms with van der Waals surface area (Å²) in [6.07, 6.45) is 0. The van der Waals surface area contributed by atoms with Crippen LogP contribution in [-0.2, 0) is 17.8 Å². The van der Waals surface area contributed by atoms with Gasteiger partial charge in [-0.2, -0.15) is 0 Å². The van der Waals surface area contributed by atoms with Crippen molar-refractivity contribution >= 4 is 17.2 Å². The van der Waals surface area contributed by atoms with Crippen molar-refractivity contribution in [3.8, 4) is 11.1 Å². The van der Waals surface area contributed by atoms with E-state index in [1.165, 1.54) is 0 Å². The van der Waals surface area contributed by atoms with E-state index in [4.69, 9.17) is 4.74 Å². The topological polar surface area (TPSA) is 54.5 Å². The summed E-state index contributed by atoms with van der Waals surface area (Å²) in [5.41, 5.74) is 3.86. The van der Waals surface area contributed by atoms with Gasteiger partial charge in [-0.3, -0.25) is 9.69 Å². The predicted octanol–water partition coefficient (Wildman–Crippen LogP) is 3.57. The molecule has 0 radical (unpaired) electrons. The van der Waals surface area contributed by atoms with Crippen LogP contribution in [0.5, 0.6) is 0 Å². The second-order valence-corrected chi connectivity index (χ2v) is 7.69. The van der Waals surface area contributed by atoms with Crippen molar-refractivity contribution in [1.82, 2.24) is 15.2 Å². The highest BCUT2D eigenvalue weighted by Gasteiger charge is 2.13. The van der Waals surface area contributed by atoms with Crippen molar-refractivity contribution in [3.63, 3.8) is 0 Å². The molecule has 1 fully saturated rings. The molecule has 0 aliphatic carbocycles. The van der Waals surface area contributed by atoms with E-state index in [-0.39, 0.29) is 5.91 Å². The first-order chi connectivity index (χ1) is 13.8. The van der Waals surface area contributed by atoms with Crippen molar-refractivity contribution in [2.45, 2.75) is 13.1 Å². The number of thiazole rings is 1. The number of morpholine rings is 1. The largest absolute Gasteiger partial charge is 0.379 e. The van der Waals surface area contributed by atoms with Crippen LogP contribution in [0.4, 0.5) is 0 Å². The summed E-state index contributed by atoms with van der Waals surface area (Å²) in [5.74, 6) is -0.0808. The van der Waals surface area contributed by atoms with Crippen LogP contribution in [0.15, 0.2) is 60.0 Å². The third kappa shape index (κ3) is 4.84. The van der Waals surface area contributed by atoms with Gasteiger partial charge in [0.1, 0.15) is 5.01 Å². The van der Waals surface area contributed by atoms with Crippen LogP contribution < -0.4 is 5.32 Å². The van der Waals surface area contributed by atoms with E-state index < -0.39 is 0 Å². The van der Waals surface area contributed by atoms with Gasteiger partial charge in [0.25, 0.3) is 5.91 Å². The Labute approximate surface area is 169 Å². The number of nitrogens with one attached hydrogen (secondary N) is 1. The van der Waals surface area contributed by atoms with Crippen LogP contribution in [0.3, 0.4) is 0 Å². The molecule has 2 heterocycles. The zero-order valence-corrected chi connectivity index (χ0v) is 16.5. The molecule has 1 N–H and O–H groups in total. The average Bonchev–Trinajstić information content (AvgIpc) is 3.21. The molecule has 0 spiro atoms. The Kier molecular flexibility index (Phi) is 6.11. The molecular weight excluding hydrogens is 370 g/mol. The highest BCUT2D eigenvalue weighted by Crippen LogP contribution is 2.20. The number of hydrogen-bond acceptors (Lipinski definition) is 5. The maximum Gasteiger partial charge on any atom is 0.251 e. The Bertz CT molecular complexity index is 920. The van der Waals surface area contributed by atoms with E-state index in [9.17, 15) is 4.79 Å². The first-order valence-corrected chi connectivity index (χ1v) is 10.3. The highest BCUT2D eigenvalue weighted by atomic mass is 32.1. The molecule has 1 amide bonds. The number of ether oxygens (including phenoxy) is 1. The van der Waals surface area contributed by atoms with Gasteiger partial charge in [0, 0.05) is 30.6 Å². The van der Waals surface area contributed by atoms with Gasteiger partial charge in [-0.15, -0.1) is 11.3 Å². The molecule has 6 heteroatoms. The third-order valence-electron chi connectivity index (χ3n) is 4.72. The molecule has 5 nitrogen and oxygen atoms in total. The SMILES string of the molecule is O=C(NCc1nc(CN2CCOCC2)cs1)c1cccc(-c2ccccc2)c1. The number of benzene rings is 2. The van der Waals surface area contributed by atoms with E-state index >= 15 is 0 Å². The van der Waals surface area contributed by atoms with E-state index in [1.54, 1.807) is 11.3 Å². The lowest BCUT2D eigenvalue weighted by Crippen LogP contribution is -2.35. The molecule has 1 aliphatic heterocycles. The Balaban J connectivity index is 1.34. The fourth-order valence-electron chi connectivity index (χ4n) is 3.22. The lowest BCUT2D eigenvalue weighted by molar-refractivity contribution is 0.0337. The number of nitrogens with zero attached hydrogens (tertiary/aromatic N) is 2. The van der Waals surface area contributed by atoms with Crippen LogP contribution in [0.2, 0.25) is 0 Å². The van der Waals surface area contributed by atoms with Crippen LogP contribution in [0, 0.1) is 0 Å². The number of hydrogen-bond donors (Lipinski definition) is 1. The van der Waals surface area contributed by atoms with Crippen LogP contribution >= 0.6 is 11.3 Å². The average molecular weight is 394 g/mol. The zero-order chi connectivity index (χ0) is 19.2. The first-order valence-electron chi connectivity index (χ1n) is 9.45. The van der Waals surface area contributed by atoms with Gasteiger partial charge < -0.3 is 10.1 Å². The molecule has 144 valence electrons. The molecule has 1 aromatic heterocycles. The van der Waals surface area contributed by atoms with Crippen LogP contribution in [-0.4, -0.2) is 42.1 Å². The molecule has 3 aromatic rings. The van der Waals surface area contributed by atoms with Gasteiger partial charge in [-0.05, 0) is 23.3 Å². The van der Waals surface area contributed by atoms with Crippen molar-refractivity contribution in [2.24, 2.45) is 0 Å². The second kappa shape index (κ2) is 9.10. The van der Waals surface area contributed by atoms with E-state index in [0.29, 0.717) is 12.1 Å². The van der Waals surface area contributed by atoms with E-state index in [0.717, 1.165) is 54.7 Å². The Morgan fingerprint density at radius 1 is 1.07 bits per heavy atom. The molecule has 28 heavy (non-hydrogen) atoms. The summed E-state index contributed by atoms with van der Waals surface area (Å²) in [6, 6.07) is 17.8. The summed E-state index contributed by atoms with van der Waals surface area (Å²) < 4.78 is 5.38. The molecule has 0 unspecified atom stereocenters. The predicted molar refractivity (Wildman–Crippen MR) is 111 cm³/mol. The smallest absolute Gasteiger partial charge is 0.251 e. The summed E-state index contributed by atoms with van der Waals surface area (Å²) in [5, 5.41) is 5.99. The fraction of sp³-hybridized carbons (Fsp3) is 0.273. The van der Waals surface area contributed by atoms with Crippen molar-refractivity contribution in [3.05, 3.63) is 76.2 Å². The summed E-state index contributed by atoms with van der Waals surface area (Å²) >= 11 is 1.59. The van der Waals surface area contributed by atoms with Crippen LogP contribution in [0.25, 0.3) is 11.1 Å². The Hall–Kier alpha value is -2.54. The molecule has 2 aromatic carbocycles. The van der Waals surface area contributed by atoms with Crippen molar-refractivity contribution in [2.75, 3.05) is 26.3 Å². The molecule has 1 aliphatic rings. The van der Waals surface area contributed by atoms with Gasteiger partial charge in [-0.25, -0.2) is 4.98 Å². The standard InChI is InChI=1S/C22H23N3O2S/c26-22(19-8-4-7-18(13-19)17-5-2-1-3-6-17)23-14-21-24-20(16-28-21)15-25-9-11-27-12-10-25/h1-8,13,16H,9-12,14-15H2,(H,23,26). The highest BCUT2D eigenvalue weighted by molar-refractivity contribution is 7.09. The Morgan fingerprint density at radius 3 is 2.68 bits per heavy atom. The van der Waals surface area contributed by atoms with Crippen molar-refractivity contribution in [1.29, 1.82) is 0 Å². The second-order valence-electron chi connectivity index (χ2n) is 6.75. The summed E-state index contributed by atoms with van der Waals surface area (Å²) in [4.78, 5) is 19.6. The molecule has 0 bridgehead atoms. The minimum atomic E-state index is -0.0808. The van der Waals surface area contributed by atoms with E-state index in [2.05, 4.69) is 20.6 Å². The first kappa shape index (κ1) is 18.8. The Morgan fingerprint density at radius 2 is 1.86 bits per heavy atom. The fourth-order valence-corrected chi connectivity index (χ4v) is 3.94. The quantitative estimate of drug-likeness (QED) is 0.696. The van der Waals surface area contributed by atoms with Gasteiger partial charge in [-0.1, -0.05) is 42.5 Å². The van der Waals surface area contributed by atoms with Gasteiger partial charge in [0.05, 0.1) is 25.5 Å². The maximum absolute atomic E-state index is 12.6. The zero-order valence-electron chi connectivity index (χ0n) is 15.6. The van der Waals surface area contributed by atoms with Gasteiger partial charge in [0.15, 0.2) is 0 Å². The lowest BCUT2D eigenvalue weighted by Gasteiger charge is -2.25. The molecule has 1 saturated heterocycles. The van der Waals surface area contributed by atoms with Gasteiger partial charge in [0.2, 0.25) is 0 Å². The number of carbonyl (C=O) groups is 1. The molecule has 0 atom stereocenters. The van der Waals surface area contributed by atoms with E-state index in [1.807, 2.05) is 54.6 Å². The maximum atomic E-state index is 12.6. The van der Waals surface area contributed by atoms with Crippen LogP contribution in [0.1, 0.15) is 21.1 Å². The number of rotatable bonds is 6. The normalized spacial score (nSPS) is 14.7. The summed E-state index contributed by atoms with van der Waals surface area (Å²) in [7, 11) is 0. The lowest BCUT2D eigenvalue weighted by atomic mass is 10.0. The molecule has 4 rings (SSSR count). The van der Waals surface area contributed by atoms with Gasteiger partial charge >= 0.3 is 0 Å².